The van der Waals surface area contributed by atoms with E-state index in [0.717, 1.165) is 0 Å². The van der Waals surface area contributed by atoms with E-state index in [1.165, 1.54) is 0 Å². The van der Waals surface area contributed by atoms with Crippen LogP contribution in [0.25, 0.3) is 0 Å². The summed E-state index contributed by atoms with van der Waals surface area (Å²) in [5.74, 6) is -0.135. The minimum Gasteiger partial charge on any atom is -0.479 e. The third kappa shape index (κ3) is 1.51. The van der Waals surface area contributed by atoms with E-state index in [2.05, 4.69) is 12.1 Å². The lowest BCUT2D eigenvalue weighted by atomic mass is 9.74. The fourth-order valence-corrected chi connectivity index (χ4v) is 5.99. The van der Waals surface area contributed by atoms with Crippen molar-refractivity contribution < 1.29 is 14.4 Å². The van der Waals surface area contributed by atoms with Crippen LogP contribution in [0.3, 0.4) is 0 Å². The van der Waals surface area contributed by atoms with Crippen molar-refractivity contribution in [3.63, 3.8) is 0 Å². The maximum absolute atomic E-state index is 12.4. The number of aryl methyl sites for hydroxylation is 2. The number of hydrogen-bond donors (Lipinski definition) is 1. The average Bonchev–Trinajstić information content (AvgIpc) is 2.83. The molecule has 2 aliphatic rings. The molecule has 5 nitrogen and oxygen atoms in total. The number of rotatable bonds is 2. The topological polar surface area (TPSA) is 66.6 Å². The van der Waals surface area contributed by atoms with E-state index in [1.807, 2.05) is 18.7 Å². The quantitative estimate of drug-likeness (QED) is 0.838. The molecule has 2 saturated heterocycles. The van der Waals surface area contributed by atoms with E-state index in [1.54, 1.807) is 25.6 Å². The highest BCUT2D eigenvalue weighted by Crippen LogP contribution is 2.63. The number of fused-ring (bicyclic) bond motifs is 1. The molecule has 0 aromatic carbocycles. The molecule has 3 atom stereocenters. The number of aliphatic carboxylic acids is 1. The second-order valence-electron chi connectivity index (χ2n) is 6.23. The van der Waals surface area contributed by atoms with Gasteiger partial charge in [0.25, 0.3) is 0 Å². The Bertz CT molecular complexity index is 635. The van der Waals surface area contributed by atoms with Crippen molar-refractivity contribution in [1.29, 1.82) is 0 Å². The van der Waals surface area contributed by atoms with Crippen molar-refractivity contribution in [3.05, 3.63) is 17.0 Å². The van der Waals surface area contributed by atoms with Gasteiger partial charge in [0.05, 0.1) is 26.4 Å². The highest BCUT2D eigenvalue weighted by molar-refractivity contribution is 8.01. The van der Waals surface area contributed by atoms with E-state index in [9.17, 15) is 9.90 Å². The van der Waals surface area contributed by atoms with Crippen molar-refractivity contribution >= 4 is 34.9 Å². The molecule has 0 unspecified atom stereocenters. The van der Waals surface area contributed by atoms with Crippen LogP contribution in [0.15, 0.2) is 4.52 Å². The summed E-state index contributed by atoms with van der Waals surface area (Å²) in [6.07, 6.45) is 0. The Hall–Kier alpha value is -1.08. The first kappa shape index (κ1) is 14.8. The zero-order valence-corrected chi connectivity index (χ0v) is 14.3. The molecule has 0 spiro atoms. The molecule has 2 fully saturated rings. The minimum absolute atomic E-state index is 0.0947. The molecule has 0 amide bonds. The summed E-state index contributed by atoms with van der Waals surface area (Å²) in [5.41, 5.74) is 0.0379. The van der Waals surface area contributed by atoms with Gasteiger partial charge in [0.15, 0.2) is 5.54 Å². The van der Waals surface area contributed by atoms with Crippen LogP contribution in [0, 0.1) is 19.8 Å². The molecule has 1 N–H and O–H groups in total. The molecule has 1 aromatic heterocycles. The van der Waals surface area contributed by atoms with Crippen LogP contribution in [0.1, 0.15) is 37.8 Å². The van der Waals surface area contributed by atoms with Gasteiger partial charge < -0.3 is 14.5 Å². The predicted molar refractivity (Wildman–Crippen MR) is 84.3 cm³/mol. The number of carboxylic acids is 1. The Morgan fingerprint density at radius 3 is 2.57 bits per heavy atom. The molecule has 0 saturated carbocycles. The van der Waals surface area contributed by atoms with Crippen LogP contribution in [0.2, 0.25) is 0 Å². The second kappa shape index (κ2) is 4.23. The monoisotopic (exact) mass is 326 g/mol. The number of nitrogens with zero attached hydrogens (tertiary/aromatic N) is 2. The first-order chi connectivity index (χ1) is 9.66. The van der Waals surface area contributed by atoms with Gasteiger partial charge in [-0.15, -0.1) is 11.8 Å². The lowest BCUT2D eigenvalue weighted by molar-refractivity contribution is -0.152. The molecule has 2 aliphatic heterocycles. The van der Waals surface area contributed by atoms with Crippen molar-refractivity contribution in [2.75, 3.05) is 0 Å². The smallest absolute Gasteiger partial charge is 0.336 e. The largest absolute Gasteiger partial charge is 0.479 e. The lowest BCUT2D eigenvalue weighted by Crippen LogP contribution is -2.67. The van der Waals surface area contributed by atoms with E-state index in [0.29, 0.717) is 22.0 Å². The maximum atomic E-state index is 12.4. The maximum Gasteiger partial charge on any atom is 0.336 e. The highest BCUT2D eigenvalue weighted by atomic mass is 32.2. The molecule has 3 heterocycles. The zero-order chi connectivity index (χ0) is 15.7. The summed E-state index contributed by atoms with van der Waals surface area (Å²) in [7, 11) is 0. The number of hydrogen-bond acceptors (Lipinski definition) is 5. The minimum atomic E-state index is -1.22. The van der Waals surface area contributed by atoms with E-state index < -0.39 is 16.3 Å². The van der Waals surface area contributed by atoms with Crippen LogP contribution >= 0.6 is 24.0 Å². The van der Waals surface area contributed by atoms with Crippen molar-refractivity contribution in [1.82, 2.24) is 10.1 Å². The lowest BCUT2D eigenvalue weighted by Gasteiger charge is -2.51. The standard InChI is InChI=1S/C14H18N2O3S2/c1-6-10(20)16-11(6)21-13(4,5)14(16,12(17)18)9-7(2)15-19-8(9)3/h6,11H,1-5H3,(H,17,18)/t6-,11-,14+/m1/s1. The van der Waals surface area contributed by atoms with Crippen molar-refractivity contribution in [3.8, 4) is 0 Å². The zero-order valence-electron chi connectivity index (χ0n) is 12.6. The van der Waals surface area contributed by atoms with Gasteiger partial charge in [-0.2, -0.15) is 0 Å². The Balaban J connectivity index is 2.31. The number of aromatic nitrogens is 1. The highest BCUT2D eigenvalue weighted by Gasteiger charge is 2.72. The third-order valence-corrected chi connectivity index (χ3v) is 6.98. The van der Waals surface area contributed by atoms with Crippen LogP contribution < -0.4 is 0 Å². The first-order valence-corrected chi connectivity index (χ1v) is 8.12. The molecule has 0 bridgehead atoms. The summed E-state index contributed by atoms with van der Waals surface area (Å²) in [4.78, 5) is 15.0. The first-order valence-electron chi connectivity index (χ1n) is 6.84. The van der Waals surface area contributed by atoms with Gasteiger partial charge in [0.1, 0.15) is 5.76 Å². The Labute approximate surface area is 133 Å². The molecular formula is C14H18N2O3S2. The second-order valence-corrected chi connectivity index (χ2v) is 8.39. The van der Waals surface area contributed by atoms with Gasteiger partial charge in [0.2, 0.25) is 0 Å². The molecule has 21 heavy (non-hydrogen) atoms. The summed E-state index contributed by atoms with van der Waals surface area (Å²) in [6, 6.07) is 0. The molecule has 7 heteroatoms. The van der Waals surface area contributed by atoms with Crippen LogP contribution in [0.4, 0.5) is 0 Å². The van der Waals surface area contributed by atoms with Crippen molar-refractivity contribution in [2.45, 2.75) is 50.3 Å². The number of thiocarbonyl (C=S) groups is 1. The Kier molecular flexibility index (Phi) is 2.99. The van der Waals surface area contributed by atoms with Gasteiger partial charge in [-0.3, -0.25) is 0 Å². The fourth-order valence-electron chi connectivity index (χ4n) is 3.68. The number of thioether (sulfide) groups is 1. The average molecular weight is 326 g/mol. The summed E-state index contributed by atoms with van der Waals surface area (Å²) < 4.78 is 4.71. The summed E-state index contributed by atoms with van der Waals surface area (Å²) in [5, 5.41) is 14.2. The summed E-state index contributed by atoms with van der Waals surface area (Å²) >= 11 is 7.14. The van der Waals surface area contributed by atoms with Gasteiger partial charge in [0, 0.05) is 5.92 Å². The Morgan fingerprint density at radius 1 is 1.48 bits per heavy atom. The molecule has 0 aliphatic carbocycles. The van der Waals surface area contributed by atoms with E-state index >= 15 is 0 Å². The molecular weight excluding hydrogens is 308 g/mol. The van der Waals surface area contributed by atoms with E-state index in [-0.39, 0.29) is 11.3 Å². The molecule has 1 aromatic rings. The normalized spacial score (nSPS) is 33.8. The molecule has 114 valence electrons. The molecule has 0 radical (unpaired) electrons. The summed E-state index contributed by atoms with van der Waals surface area (Å²) in [6.45, 7) is 9.53. The van der Waals surface area contributed by atoms with Crippen molar-refractivity contribution in [2.24, 2.45) is 5.92 Å². The van der Waals surface area contributed by atoms with Gasteiger partial charge >= 0.3 is 5.97 Å². The number of carboxylic acid groups (broad SMARTS) is 1. The van der Waals surface area contributed by atoms with Gasteiger partial charge in [-0.25, -0.2) is 4.79 Å². The van der Waals surface area contributed by atoms with Gasteiger partial charge in [-0.1, -0.05) is 24.3 Å². The third-order valence-electron chi connectivity index (χ3n) is 4.66. The van der Waals surface area contributed by atoms with Crippen LogP contribution in [-0.2, 0) is 10.3 Å². The molecule has 3 rings (SSSR count). The number of carbonyl (C=O) groups is 1. The van der Waals surface area contributed by atoms with Crippen LogP contribution in [0.5, 0.6) is 0 Å². The predicted octanol–water partition coefficient (Wildman–Crippen LogP) is 2.70. The SMILES string of the molecule is Cc1noc(C)c1[C@@]1(C(=O)O)N2C(=S)[C@@H](C)[C@H]2SC1(C)C. The Morgan fingerprint density at radius 2 is 2.10 bits per heavy atom. The fraction of sp³-hybridized carbons (Fsp3) is 0.643. The van der Waals surface area contributed by atoms with Crippen LogP contribution in [-0.4, -0.2) is 36.2 Å². The van der Waals surface area contributed by atoms with E-state index in [4.69, 9.17) is 16.7 Å². The van der Waals surface area contributed by atoms with Gasteiger partial charge in [-0.05, 0) is 27.7 Å².